The van der Waals surface area contributed by atoms with E-state index in [1.807, 2.05) is 68.1 Å². The van der Waals surface area contributed by atoms with Gasteiger partial charge in [-0.2, -0.15) is 0 Å². The molecule has 0 aliphatic rings. The summed E-state index contributed by atoms with van der Waals surface area (Å²) in [5.41, 5.74) is 0.373. The number of rotatable bonds is 10. The van der Waals surface area contributed by atoms with Crippen molar-refractivity contribution in [1.82, 2.24) is 24.4 Å². The van der Waals surface area contributed by atoms with Gasteiger partial charge in [0.2, 0.25) is 0 Å². The molecule has 0 bridgehead atoms. The highest BCUT2D eigenvalue weighted by molar-refractivity contribution is 7.98. The predicted molar refractivity (Wildman–Crippen MR) is 146 cm³/mol. The number of amides is 1. The summed E-state index contributed by atoms with van der Waals surface area (Å²) < 4.78 is 7.60. The molecular formula is C26H35ClN6O2S. The van der Waals surface area contributed by atoms with E-state index in [9.17, 15) is 4.79 Å². The number of ether oxygens (including phenoxy) is 1. The van der Waals surface area contributed by atoms with Crippen LogP contribution in [0.3, 0.4) is 0 Å². The van der Waals surface area contributed by atoms with Crippen LogP contribution in [0.2, 0.25) is 5.02 Å². The maximum Gasteiger partial charge on any atom is 0.410 e. The van der Waals surface area contributed by atoms with E-state index in [1.54, 1.807) is 17.4 Å². The third-order valence-electron chi connectivity index (χ3n) is 5.13. The second-order valence-electron chi connectivity index (χ2n) is 10.0. The standard InChI is InChI=1S/C26H35ClN6O2S/c1-18(2)13-21(29-22-14-23(31-24(30-22)36-6)32-12-11-28-17-32)16-33(25(34)35-26(3,4)5)15-19-7-9-20(27)10-8-19/h7-12,14,17-18,21H,13,15-16H2,1-6H3,(H,29,30,31). The van der Waals surface area contributed by atoms with Crippen LogP contribution in [0.15, 0.2) is 54.2 Å². The van der Waals surface area contributed by atoms with Crippen LogP contribution in [0.5, 0.6) is 0 Å². The van der Waals surface area contributed by atoms with E-state index in [1.165, 1.54) is 11.8 Å². The summed E-state index contributed by atoms with van der Waals surface area (Å²) in [6.07, 6.45) is 7.68. The summed E-state index contributed by atoms with van der Waals surface area (Å²) in [7, 11) is 0. The Morgan fingerprint density at radius 1 is 1.22 bits per heavy atom. The molecule has 1 N–H and O–H groups in total. The first kappa shape index (κ1) is 27.8. The fourth-order valence-electron chi connectivity index (χ4n) is 3.67. The molecular weight excluding hydrogens is 496 g/mol. The first-order valence-electron chi connectivity index (χ1n) is 11.9. The molecule has 1 unspecified atom stereocenters. The lowest BCUT2D eigenvalue weighted by Crippen LogP contribution is -2.43. The number of anilines is 1. The van der Waals surface area contributed by atoms with Crippen molar-refractivity contribution in [2.45, 2.75) is 64.4 Å². The molecule has 36 heavy (non-hydrogen) atoms. The first-order valence-corrected chi connectivity index (χ1v) is 13.5. The zero-order valence-corrected chi connectivity index (χ0v) is 23.3. The van der Waals surface area contributed by atoms with Crippen LogP contribution in [-0.2, 0) is 11.3 Å². The Hall–Kier alpha value is -2.78. The fraction of sp³-hybridized carbons (Fsp3) is 0.462. The molecule has 194 valence electrons. The van der Waals surface area contributed by atoms with Gasteiger partial charge >= 0.3 is 6.09 Å². The average Bonchev–Trinajstić information content (AvgIpc) is 3.33. The third kappa shape index (κ3) is 8.71. The maximum atomic E-state index is 13.2. The number of nitrogens with one attached hydrogen (secondary N) is 1. The molecule has 0 spiro atoms. The van der Waals surface area contributed by atoms with Gasteiger partial charge in [-0.25, -0.2) is 19.7 Å². The number of hydrogen-bond acceptors (Lipinski definition) is 7. The lowest BCUT2D eigenvalue weighted by molar-refractivity contribution is 0.0222. The molecule has 2 heterocycles. The van der Waals surface area contributed by atoms with E-state index in [2.05, 4.69) is 34.1 Å². The van der Waals surface area contributed by atoms with Crippen LogP contribution >= 0.6 is 23.4 Å². The van der Waals surface area contributed by atoms with E-state index < -0.39 is 5.60 Å². The monoisotopic (exact) mass is 530 g/mol. The van der Waals surface area contributed by atoms with Crippen LogP contribution in [0.1, 0.15) is 46.6 Å². The van der Waals surface area contributed by atoms with E-state index in [4.69, 9.17) is 16.3 Å². The van der Waals surface area contributed by atoms with Crippen LogP contribution in [-0.4, -0.2) is 55.0 Å². The van der Waals surface area contributed by atoms with Gasteiger partial charge in [-0.3, -0.25) is 4.57 Å². The Balaban J connectivity index is 1.88. The average molecular weight is 531 g/mol. The number of nitrogens with zero attached hydrogens (tertiary/aromatic N) is 5. The van der Waals surface area contributed by atoms with Crippen molar-refractivity contribution in [1.29, 1.82) is 0 Å². The number of aromatic nitrogens is 4. The van der Waals surface area contributed by atoms with Gasteiger partial charge in [0.05, 0.1) is 0 Å². The molecule has 1 amide bonds. The highest BCUT2D eigenvalue weighted by Crippen LogP contribution is 2.21. The minimum Gasteiger partial charge on any atom is -0.444 e. The molecule has 0 saturated carbocycles. The Labute approximate surface area is 222 Å². The zero-order valence-electron chi connectivity index (χ0n) is 21.7. The minimum absolute atomic E-state index is 0.0648. The topological polar surface area (TPSA) is 85.2 Å². The third-order valence-corrected chi connectivity index (χ3v) is 5.93. The Morgan fingerprint density at radius 2 is 1.94 bits per heavy atom. The summed E-state index contributed by atoms with van der Waals surface area (Å²) in [6, 6.07) is 9.34. The molecule has 3 aromatic rings. The van der Waals surface area contributed by atoms with Crippen molar-refractivity contribution in [3.8, 4) is 5.82 Å². The predicted octanol–water partition coefficient (Wildman–Crippen LogP) is 6.30. The van der Waals surface area contributed by atoms with Gasteiger partial charge in [0.15, 0.2) is 5.16 Å². The zero-order chi connectivity index (χ0) is 26.3. The lowest BCUT2D eigenvalue weighted by atomic mass is 10.0. The van der Waals surface area contributed by atoms with Crippen molar-refractivity contribution in [3.05, 3.63) is 59.6 Å². The van der Waals surface area contributed by atoms with Crippen molar-refractivity contribution in [2.75, 3.05) is 18.1 Å². The van der Waals surface area contributed by atoms with Crippen LogP contribution in [0, 0.1) is 5.92 Å². The number of imidazole rings is 1. The van der Waals surface area contributed by atoms with Gasteiger partial charge < -0.3 is 15.0 Å². The van der Waals surface area contributed by atoms with Gasteiger partial charge in [-0.05, 0) is 57.1 Å². The van der Waals surface area contributed by atoms with Crippen LogP contribution in [0.4, 0.5) is 10.6 Å². The first-order chi connectivity index (χ1) is 17.0. The summed E-state index contributed by atoms with van der Waals surface area (Å²) in [5.74, 6) is 1.82. The highest BCUT2D eigenvalue weighted by atomic mass is 35.5. The Morgan fingerprint density at radius 3 is 2.53 bits per heavy atom. The molecule has 0 radical (unpaired) electrons. The molecule has 10 heteroatoms. The van der Waals surface area contributed by atoms with Crippen LogP contribution < -0.4 is 5.32 Å². The van der Waals surface area contributed by atoms with E-state index in [0.717, 1.165) is 17.8 Å². The van der Waals surface area contributed by atoms with Gasteiger partial charge in [0.25, 0.3) is 0 Å². The number of carbonyl (C=O) groups is 1. The Kier molecular flexibility index (Phi) is 9.62. The summed E-state index contributed by atoms with van der Waals surface area (Å²) in [4.78, 5) is 28.4. The number of benzene rings is 1. The molecule has 0 saturated heterocycles. The maximum absolute atomic E-state index is 13.2. The summed E-state index contributed by atoms with van der Waals surface area (Å²) >= 11 is 7.54. The van der Waals surface area contributed by atoms with Crippen molar-refractivity contribution in [3.63, 3.8) is 0 Å². The smallest absolute Gasteiger partial charge is 0.410 e. The second-order valence-corrected chi connectivity index (χ2v) is 11.2. The summed E-state index contributed by atoms with van der Waals surface area (Å²) in [5, 5.41) is 4.87. The molecule has 1 atom stereocenters. The van der Waals surface area contributed by atoms with Gasteiger partial charge in [0, 0.05) is 42.6 Å². The van der Waals surface area contributed by atoms with E-state index in [-0.39, 0.29) is 12.1 Å². The molecule has 2 aromatic heterocycles. The molecule has 0 aliphatic heterocycles. The van der Waals surface area contributed by atoms with Crippen molar-refractivity contribution in [2.24, 2.45) is 5.92 Å². The van der Waals surface area contributed by atoms with Gasteiger partial charge in [0.1, 0.15) is 23.6 Å². The van der Waals surface area contributed by atoms with Gasteiger partial charge in [-0.1, -0.05) is 49.3 Å². The fourth-order valence-corrected chi connectivity index (χ4v) is 4.17. The van der Waals surface area contributed by atoms with E-state index >= 15 is 0 Å². The normalized spacial score (nSPS) is 12.4. The molecule has 3 rings (SSSR count). The van der Waals surface area contributed by atoms with Crippen LogP contribution in [0.25, 0.3) is 5.82 Å². The van der Waals surface area contributed by atoms with E-state index in [0.29, 0.717) is 35.0 Å². The lowest BCUT2D eigenvalue weighted by Gasteiger charge is -2.31. The number of halogens is 1. The van der Waals surface area contributed by atoms with Gasteiger partial charge in [-0.15, -0.1) is 0 Å². The number of carbonyl (C=O) groups excluding carboxylic acids is 1. The summed E-state index contributed by atoms with van der Waals surface area (Å²) in [6.45, 7) is 10.8. The Bertz CT molecular complexity index is 1120. The highest BCUT2D eigenvalue weighted by Gasteiger charge is 2.26. The second kappa shape index (κ2) is 12.5. The molecule has 0 aliphatic carbocycles. The van der Waals surface area contributed by atoms with Crippen molar-refractivity contribution < 1.29 is 9.53 Å². The molecule has 8 nitrogen and oxygen atoms in total. The number of hydrogen-bond donors (Lipinski definition) is 1. The number of thioether (sulfide) groups is 1. The molecule has 0 fully saturated rings. The minimum atomic E-state index is -0.601. The quantitative estimate of drug-likeness (QED) is 0.243. The molecule has 1 aromatic carbocycles. The SMILES string of the molecule is CSc1nc(NC(CC(C)C)CN(Cc2ccc(Cl)cc2)C(=O)OC(C)(C)C)cc(-n2ccnc2)n1. The van der Waals surface area contributed by atoms with Crippen molar-refractivity contribution >= 4 is 35.3 Å². The largest absolute Gasteiger partial charge is 0.444 e.